The van der Waals surface area contributed by atoms with Crippen molar-refractivity contribution in [3.05, 3.63) is 50.6 Å². The number of rotatable bonds is 6. The molecule has 3 rings (SSSR count). The first-order valence-electron chi connectivity index (χ1n) is 8.59. The van der Waals surface area contributed by atoms with Crippen LogP contribution in [0.4, 0.5) is 0 Å². The lowest BCUT2D eigenvalue weighted by Gasteiger charge is -2.34. The number of amides is 1. The summed E-state index contributed by atoms with van der Waals surface area (Å²) in [7, 11) is -3.65. The maximum absolute atomic E-state index is 12.7. The third-order valence-corrected chi connectivity index (χ3v) is 7.84. The molecule has 150 valence electrons. The fourth-order valence-corrected chi connectivity index (χ4v) is 5.65. The Morgan fingerprint density at radius 1 is 1.00 bits per heavy atom. The molecule has 2 aromatic rings. The smallest absolute Gasteiger partial charge is 0.243 e. The molecule has 0 bridgehead atoms. The summed E-state index contributed by atoms with van der Waals surface area (Å²) in [6.45, 7) is 0.986. The number of carbonyl (C=O) groups excluding carboxylic acids is 2. The number of thiophene rings is 1. The van der Waals surface area contributed by atoms with E-state index in [1.165, 1.54) is 27.8 Å². The summed E-state index contributed by atoms with van der Waals surface area (Å²) in [6, 6.07) is 9.42. The molecule has 0 atom stereocenters. The molecule has 1 aromatic carbocycles. The topological polar surface area (TPSA) is 74.8 Å². The third kappa shape index (κ3) is 4.93. The average Bonchev–Trinajstić information content (AvgIpc) is 3.12. The zero-order chi connectivity index (χ0) is 20.3. The summed E-state index contributed by atoms with van der Waals surface area (Å²) < 4.78 is 27.3. The van der Waals surface area contributed by atoms with Crippen LogP contribution in [0.3, 0.4) is 0 Å². The van der Waals surface area contributed by atoms with E-state index >= 15 is 0 Å². The van der Waals surface area contributed by atoms with Gasteiger partial charge in [-0.25, -0.2) is 8.42 Å². The Balaban J connectivity index is 1.53. The molecule has 1 amide bonds. The van der Waals surface area contributed by atoms with Gasteiger partial charge in [0.2, 0.25) is 15.9 Å². The van der Waals surface area contributed by atoms with Gasteiger partial charge in [0, 0.05) is 44.0 Å². The lowest BCUT2D eigenvalue weighted by Crippen LogP contribution is -2.50. The van der Waals surface area contributed by atoms with Crippen molar-refractivity contribution < 1.29 is 18.0 Å². The van der Waals surface area contributed by atoms with Gasteiger partial charge < -0.3 is 4.90 Å². The summed E-state index contributed by atoms with van der Waals surface area (Å²) in [5, 5.41) is 0.353. The number of halogens is 2. The zero-order valence-corrected chi connectivity index (χ0v) is 18.0. The lowest BCUT2D eigenvalue weighted by molar-refractivity contribution is -0.132. The molecule has 2 heterocycles. The van der Waals surface area contributed by atoms with Gasteiger partial charge in [-0.15, -0.1) is 11.3 Å². The van der Waals surface area contributed by atoms with Gasteiger partial charge in [-0.1, -0.05) is 29.3 Å². The highest BCUT2D eigenvalue weighted by atomic mass is 35.5. The van der Waals surface area contributed by atoms with E-state index in [0.29, 0.717) is 14.2 Å². The summed E-state index contributed by atoms with van der Waals surface area (Å²) in [4.78, 5) is 26.7. The highest BCUT2D eigenvalue weighted by Gasteiger charge is 2.30. The number of piperazine rings is 1. The Bertz CT molecular complexity index is 983. The van der Waals surface area contributed by atoms with Gasteiger partial charge in [-0.05, 0) is 30.3 Å². The normalized spacial score (nSPS) is 15.6. The van der Waals surface area contributed by atoms with Crippen molar-refractivity contribution in [2.24, 2.45) is 0 Å². The Morgan fingerprint density at radius 2 is 1.71 bits per heavy atom. The largest absolute Gasteiger partial charge is 0.340 e. The second-order valence-corrected chi connectivity index (χ2v) is 10.4. The minimum atomic E-state index is -3.65. The van der Waals surface area contributed by atoms with E-state index in [1.807, 2.05) is 0 Å². The van der Waals surface area contributed by atoms with Crippen molar-refractivity contribution in [2.75, 3.05) is 26.2 Å². The molecule has 0 radical (unpaired) electrons. The molecule has 28 heavy (non-hydrogen) atoms. The number of sulfonamides is 1. The van der Waals surface area contributed by atoms with Gasteiger partial charge in [0.25, 0.3) is 0 Å². The van der Waals surface area contributed by atoms with Crippen LogP contribution in [0.1, 0.15) is 22.5 Å². The van der Waals surface area contributed by atoms with Crippen LogP contribution in [-0.4, -0.2) is 55.5 Å². The first-order chi connectivity index (χ1) is 13.3. The maximum atomic E-state index is 12.7. The fraction of sp³-hybridized carbons (Fsp3) is 0.333. The van der Waals surface area contributed by atoms with Crippen molar-refractivity contribution >= 4 is 56.3 Å². The number of Topliss-reactive ketones (excluding diaryl/α,β-unsaturated/α-hetero) is 1. The van der Waals surface area contributed by atoms with Gasteiger partial charge in [0.15, 0.2) is 5.78 Å². The lowest BCUT2D eigenvalue weighted by atomic mass is 10.1. The van der Waals surface area contributed by atoms with E-state index < -0.39 is 10.0 Å². The van der Waals surface area contributed by atoms with Crippen LogP contribution in [0, 0.1) is 0 Å². The third-order valence-electron chi connectivity index (χ3n) is 4.44. The van der Waals surface area contributed by atoms with Gasteiger partial charge >= 0.3 is 0 Å². The molecule has 1 fully saturated rings. The Morgan fingerprint density at radius 3 is 2.32 bits per heavy atom. The maximum Gasteiger partial charge on any atom is 0.243 e. The molecule has 1 aliphatic heterocycles. The first-order valence-corrected chi connectivity index (χ1v) is 11.6. The second kappa shape index (κ2) is 8.92. The zero-order valence-electron chi connectivity index (χ0n) is 14.8. The van der Waals surface area contributed by atoms with Crippen molar-refractivity contribution in [1.29, 1.82) is 0 Å². The highest BCUT2D eigenvalue weighted by Crippen LogP contribution is 2.24. The fourth-order valence-electron chi connectivity index (χ4n) is 2.92. The summed E-state index contributed by atoms with van der Waals surface area (Å²) in [5.41, 5.74) is 0. The number of hydrogen-bond donors (Lipinski definition) is 0. The van der Waals surface area contributed by atoms with Crippen LogP contribution in [0.25, 0.3) is 0 Å². The molecule has 0 spiro atoms. The van der Waals surface area contributed by atoms with E-state index in [4.69, 9.17) is 23.2 Å². The SMILES string of the molecule is O=C(CCC(=O)N1CCN(S(=O)(=O)c2cccc(Cl)c2)CC1)c1ccc(Cl)s1. The van der Waals surface area contributed by atoms with Crippen LogP contribution in [-0.2, 0) is 14.8 Å². The standard InChI is InChI=1S/C18H18Cl2N2O4S2/c19-13-2-1-3-14(12-13)28(25,26)22-10-8-21(9-11-22)18(24)7-4-15(23)16-5-6-17(20)27-16/h1-3,5-6,12H,4,7-11H2. The number of ketones is 1. The van der Waals surface area contributed by atoms with Crippen molar-refractivity contribution in [2.45, 2.75) is 17.7 Å². The molecule has 6 nitrogen and oxygen atoms in total. The van der Waals surface area contributed by atoms with Crippen LogP contribution < -0.4 is 0 Å². The number of carbonyl (C=O) groups is 2. The second-order valence-electron chi connectivity index (χ2n) is 6.27. The molecule has 0 saturated carbocycles. The summed E-state index contributed by atoms with van der Waals surface area (Å²) in [6.07, 6.45) is 0.200. The molecule has 10 heteroatoms. The Hall–Kier alpha value is -1.45. The van der Waals surface area contributed by atoms with Crippen LogP contribution >= 0.6 is 34.5 Å². The molecular weight excluding hydrogens is 443 g/mol. The predicted octanol–water partition coefficient (Wildman–Crippen LogP) is 3.55. The molecular formula is C18H18Cl2N2O4S2. The van der Waals surface area contributed by atoms with Gasteiger partial charge in [0.05, 0.1) is 14.1 Å². The van der Waals surface area contributed by atoms with Crippen LogP contribution in [0.2, 0.25) is 9.36 Å². The predicted molar refractivity (Wildman–Crippen MR) is 110 cm³/mol. The highest BCUT2D eigenvalue weighted by molar-refractivity contribution is 7.89. The number of benzene rings is 1. The quantitative estimate of drug-likeness (QED) is 0.617. The van der Waals surface area contributed by atoms with Gasteiger partial charge in [-0.3, -0.25) is 9.59 Å². The Kier molecular flexibility index (Phi) is 6.77. The van der Waals surface area contributed by atoms with Crippen LogP contribution in [0.5, 0.6) is 0 Å². The van der Waals surface area contributed by atoms with Gasteiger partial charge in [-0.2, -0.15) is 4.31 Å². The Labute approximate surface area is 177 Å². The first kappa shape index (κ1) is 21.3. The molecule has 1 aliphatic rings. The molecule has 1 saturated heterocycles. The summed E-state index contributed by atoms with van der Waals surface area (Å²) >= 11 is 12.9. The van der Waals surface area contributed by atoms with Crippen molar-refractivity contribution in [3.8, 4) is 0 Å². The number of hydrogen-bond acceptors (Lipinski definition) is 5. The minimum absolute atomic E-state index is 0.0927. The van der Waals surface area contributed by atoms with Crippen molar-refractivity contribution in [1.82, 2.24) is 9.21 Å². The van der Waals surface area contributed by atoms with E-state index in [0.717, 1.165) is 0 Å². The molecule has 0 unspecified atom stereocenters. The summed E-state index contributed by atoms with van der Waals surface area (Å²) in [5.74, 6) is -0.275. The van der Waals surface area contributed by atoms with E-state index in [-0.39, 0.29) is 55.6 Å². The van der Waals surface area contributed by atoms with Crippen LogP contribution in [0.15, 0.2) is 41.3 Å². The molecule has 0 aliphatic carbocycles. The van der Waals surface area contributed by atoms with Gasteiger partial charge in [0.1, 0.15) is 0 Å². The molecule has 0 N–H and O–H groups in total. The monoisotopic (exact) mass is 460 g/mol. The van der Waals surface area contributed by atoms with E-state index in [9.17, 15) is 18.0 Å². The molecule has 1 aromatic heterocycles. The number of nitrogens with zero attached hydrogens (tertiary/aromatic N) is 2. The van der Waals surface area contributed by atoms with E-state index in [2.05, 4.69) is 0 Å². The van der Waals surface area contributed by atoms with E-state index in [1.54, 1.807) is 29.2 Å². The minimum Gasteiger partial charge on any atom is -0.340 e. The average molecular weight is 461 g/mol. The van der Waals surface area contributed by atoms with Crippen molar-refractivity contribution in [3.63, 3.8) is 0 Å².